The van der Waals surface area contributed by atoms with E-state index in [4.69, 9.17) is 9.72 Å². The quantitative estimate of drug-likeness (QED) is 0.577. The number of aromatic nitrogens is 1. The summed E-state index contributed by atoms with van der Waals surface area (Å²) in [6.45, 7) is 7.23. The summed E-state index contributed by atoms with van der Waals surface area (Å²) in [6.07, 6.45) is 0. The molecule has 0 spiro atoms. The molecule has 2 aromatic carbocycles. The lowest BCUT2D eigenvalue weighted by Gasteiger charge is -2.28. The van der Waals surface area contributed by atoms with E-state index >= 15 is 0 Å². The van der Waals surface area contributed by atoms with Crippen molar-refractivity contribution in [3.05, 3.63) is 58.1 Å². The third-order valence-corrected chi connectivity index (χ3v) is 5.90. The first-order valence-corrected chi connectivity index (χ1v) is 10.4. The molecular formula is C22H23BrN4O2. The summed E-state index contributed by atoms with van der Waals surface area (Å²) in [7, 11) is 0. The zero-order valence-electron chi connectivity index (χ0n) is 16.5. The Bertz CT molecular complexity index is 1060. The number of pyridine rings is 1. The highest BCUT2D eigenvalue weighted by atomic mass is 79.9. The molecule has 6 nitrogen and oxygen atoms in total. The fraction of sp³-hybridized carbons (Fsp3) is 0.273. The Morgan fingerprint density at radius 1 is 1.00 bits per heavy atom. The summed E-state index contributed by atoms with van der Waals surface area (Å²) in [6, 6.07) is 13.3. The van der Waals surface area contributed by atoms with Gasteiger partial charge in [-0.25, -0.2) is 9.78 Å². The molecule has 0 atom stereocenters. The average molecular weight is 455 g/mol. The maximum atomic E-state index is 12.4. The van der Waals surface area contributed by atoms with Crippen LogP contribution in [0, 0.1) is 13.8 Å². The van der Waals surface area contributed by atoms with Crippen LogP contribution in [-0.4, -0.2) is 37.3 Å². The molecule has 3 aromatic rings. The second-order valence-electron chi connectivity index (χ2n) is 7.17. The molecule has 29 heavy (non-hydrogen) atoms. The molecule has 1 aliphatic rings. The standard InChI is InChI=1S/C22H23BrN4O2/c1-14-12-21(27-7-9-29-10-8-27)26-20-6-4-17(13-18(14)20)25-22(28)24-16-3-5-19(23)15(2)11-16/h3-6,11-13H,7-10H2,1-2H3,(H2,24,25,28). The maximum absolute atomic E-state index is 12.4. The minimum atomic E-state index is -0.276. The van der Waals surface area contributed by atoms with Crippen LogP contribution in [0.2, 0.25) is 0 Å². The summed E-state index contributed by atoms with van der Waals surface area (Å²) < 4.78 is 6.44. The van der Waals surface area contributed by atoms with E-state index in [0.717, 1.165) is 70.0 Å². The third kappa shape index (κ3) is 4.52. The second kappa shape index (κ2) is 8.39. The average Bonchev–Trinajstić information content (AvgIpc) is 2.71. The Balaban J connectivity index is 1.51. The number of morpholine rings is 1. The number of fused-ring (bicyclic) bond motifs is 1. The van der Waals surface area contributed by atoms with E-state index in [1.165, 1.54) is 0 Å². The van der Waals surface area contributed by atoms with Gasteiger partial charge in [-0.05, 0) is 67.4 Å². The monoisotopic (exact) mass is 454 g/mol. The summed E-state index contributed by atoms with van der Waals surface area (Å²) >= 11 is 3.47. The zero-order valence-corrected chi connectivity index (χ0v) is 18.0. The van der Waals surface area contributed by atoms with Gasteiger partial charge in [-0.15, -0.1) is 0 Å². The molecule has 0 aliphatic carbocycles. The van der Waals surface area contributed by atoms with Crippen molar-refractivity contribution in [3.63, 3.8) is 0 Å². The highest BCUT2D eigenvalue weighted by Gasteiger charge is 2.14. The van der Waals surface area contributed by atoms with E-state index in [1.54, 1.807) is 0 Å². The summed E-state index contributed by atoms with van der Waals surface area (Å²) in [5.41, 5.74) is 4.58. The molecular weight excluding hydrogens is 432 g/mol. The normalized spacial score (nSPS) is 14.1. The van der Waals surface area contributed by atoms with E-state index in [0.29, 0.717) is 0 Å². The number of ether oxygens (including phenoxy) is 1. The molecule has 0 bridgehead atoms. The zero-order chi connectivity index (χ0) is 20.4. The summed E-state index contributed by atoms with van der Waals surface area (Å²) in [5, 5.41) is 6.80. The number of hydrogen-bond acceptors (Lipinski definition) is 4. The fourth-order valence-corrected chi connectivity index (χ4v) is 3.67. The van der Waals surface area contributed by atoms with Gasteiger partial charge in [-0.2, -0.15) is 0 Å². The van der Waals surface area contributed by atoms with Crippen LogP contribution in [0.3, 0.4) is 0 Å². The minimum Gasteiger partial charge on any atom is -0.378 e. The minimum absolute atomic E-state index is 0.276. The summed E-state index contributed by atoms with van der Waals surface area (Å²) in [4.78, 5) is 19.4. The number of rotatable bonds is 3. The van der Waals surface area contributed by atoms with Crippen LogP contribution in [0.25, 0.3) is 10.9 Å². The van der Waals surface area contributed by atoms with Gasteiger partial charge in [0.05, 0.1) is 18.7 Å². The van der Waals surface area contributed by atoms with Crippen LogP contribution in [0.4, 0.5) is 22.0 Å². The molecule has 1 aromatic heterocycles. The van der Waals surface area contributed by atoms with Crippen LogP contribution in [0.15, 0.2) is 46.9 Å². The Kier molecular flexibility index (Phi) is 5.69. The van der Waals surface area contributed by atoms with E-state index in [-0.39, 0.29) is 6.03 Å². The van der Waals surface area contributed by atoms with Gasteiger partial charge in [-0.1, -0.05) is 15.9 Å². The molecule has 1 fully saturated rings. The molecule has 1 saturated heterocycles. The SMILES string of the molecule is Cc1cc(NC(=O)Nc2ccc3nc(N4CCOCC4)cc(C)c3c2)ccc1Br. The van der Waals surface area contributed by atoms with Crippen molar-refractivity contribution in [2.45, 2.75) is 13.8 Å². The molecule has 150 valence electrons. The first-order chi connectivity index (χ1) is 14.0. The van der Waals surface area contributed by atoms with Crippen molar-refractivity contribution >= 4 is 50.1 Å². The third-order valence-electron chi connectivity index (χ3n) is 5.01. The largest absolute Gasteiger partial charge is 0.378 e. The smallest absolute Gasteiger partial charge is 0.323 e. The lowest BCUT2D eigenvalue weighted by Crippen LogP contribution is -2.36. The van der Waals surface area contributed by atoms with Crippen LogP contribution in [0.1, 0.15) is 11.1 Å². The van der Waals surface area contributed by atoms with Crippen molar-refractivity contribution in [1.29, 1.82) is 0 Å². The number of amides is 2. The first-order valence-electron chi connectivity index (χ1n) is 9.58. The maximum Gasteiger partial charge on any atom is 0.323 e. The number of anilines is 3. The van der Waals surface area contributed by atoms with Gasteiger partial charge in [0.2, 0.25) is 0 Å². The lowest BCUT2D eigenvalue weighted by molar-refractivity contribution is 0.122. The van der Waals surface area contributed by atoms with Gasteiger partial charge in [-0.3, -0.25) is 0 Å². The number of aryl methyl sites for hydroxylation is 2. The Morgan fingerprint density at radius 2 is 1.69 bits per heavy atom. The predicted molar refractivity (Wildman–Crippen MR) is 121 cm³/mol. The summed E-state index contributed by atoms with van der Waals surface area (Å²) in [5.74, 6) is 0.974. The van der Waals surface area contributed by atoms with Crippen molar-refractivity contribution in [2.75, 3.05) is 41.8 Å². The van der Waals surface area contributed by atoms with Crippen LogP contribution in [0.5, 0.6) is 0 Å². The van der Waals surface area contributed by atoms with Gasteiger partial charge in [0.15, 0.2) is 0 Å². The fourth-order valence-electron chi connectivity index (χ4n) is 3.42. The van der Waals surface area contributed by atoms with Gasteiger partial charge in [0.25, 0.3) is 0 Å². The molecule has 0 saturated carbocycles. The van der Waals surface area contributed by atoms with Crippen LogP contribution < -0.4 is 15.5 Å². The van der Waals surface area contributed by atoms with Crippen LogP contribution in [-0.2, 0) is 4.74 Å². The topological polar surface area (TPSA) is 66.5 Å². The number of hydrogen-bond donors (Lipinski definition) is 2. The number of urea groups is 1. The van der Waals surface area contributed by atoms with E-state index in [9.17, 15) is 4.79 Å². The van der Waals surface area contributed by atoms with Crippen molar-refractivity contribution in [1.82, 2.24) is 4.98 Å². The van der Waals surface area contributed by atoms with Crippen molar-refractivity contribution in [3.8, 4) is 0 Å². The molecule has 0 unspecified atom stereocenters. The molecule has 1 aliphatic heterocycles. The van der Waals surface area contributed by atoms with Gasteiger partial charge < -0.3 is 20.3 Å². The number of benzene rings is 2. The highest BCUT2D eigenvalue weighted by molar-refractivity contribution is 9.10. The lowest BCUT2D eigenvalue weighted by atomic mass is 10.1. The van der Waals surface area contributed by atoms with Crippen molar-refractivity contribution < 1.29 is 9.53 Å². The van der Waals surface area contributed by atoms with Gasteiger partial charge >= 0.3 is 6.03 Å². The van der Waals surface area contributed by atoms with Gasteiger partial charge in [0, 0.05) is 34.3 Å². The number of nitrogens with one attached hydrogen (secondary N) is 2. The van der Waals surface area contributed by atoms with E-state index in [1.807, 2.05) is 43.3 Å². The number of halogens is 1. The number of carbonyl (C=O) groups is 1. The molecule has 4 rings (SSSR count). The molecule has 2 heterocycles. The Labute approximate surface area is 178 Å². The predicted octanol–water partition coefficient (Wildman–Crippen LogP) is 5.09. The molecule has 0 radical (unpaired) electrons. The van der Waals surface area contributed by atoms with Crippen LogP contribution >= 0.6 is 15.9 Å². The Hall–Kier alpha value is -2.64. The molecule has 2 amide bonds. The number of carbonyl (C=O) groups excluding carboxylic acids is 1. The molecule has 2 N–H and O–H groups in total. The second-order valence-corrected chi connectivity index (χ2v) is 8.03. The van der Waals surface area contributed by atoms with Gasteiger partial charge in [0.1, 0.15) is 5.82 Å². The number of nitrogens with zero attached hydrogens (tertiary/aromatic N) is 2. The van der Waals surface area contributed by atoms with Crippen molar-refractivity contribution in [2.24, 2.45) is 0 Å². The first kappa shape index (κ1) is 19.7. The van der Waals surface area contributed by atoms with E-state index in [2.05, 4.69) is 44.5 Å². The highest BCUT2D eigenvalue weighted by Crippen LogP contribution is 2.26. The van der Waals surface area contributed by atoms with E-state index < -0.39 is 0 Å². The Morgan fingerprint density at radius 3 is 2.41 bits per heavy atom. The molecule has 7 heteroatoms.